The van der Waals surface area contributed by atoms with Gasteiger partial charge in [0, 0.05) is 31.8 Å². The fraction of sp³-hybridized carbons (Fsp3) is 0.619. The van der Waals surface area contributed by atoms with Crippen LogP contribution in [0.4, 0.5) is 0 Å². The summed E-state index contributed by atoms with van der Waals surface area (Å²) in [5, 5.41) is 3.61. The maximum absolute atomic E-state index is 13.6. The third-order valence-corrected chi connectivity index (χ3v) is 6.42. The largest absolute Gasteiger partial charge is 0.383 e. The summed E-state index contributed by atoms with van der Waals surface area (Å²) in [6, 6.07) is 7.69. The molecule has 1 atom stereocenters. The molecule has 148 valence electrons. The average Bonchev–Trinajstić information content (AvgIpc) is 3.31. The van der Waals surface area contributed by atoms with E-state index in [0.717, 1.165) is 31.2 Å². The van der Waals surface area contributed by atoms with Crippen LogP contribution in [0, 0.1) is 5.41 Å². The third kappa shape index (κ3) is 3.99. The highest BCUT2D eigenvalue weighted by Gasteiger charge is 2.49. The highest BCUT2D eigenvalue weighted by molar-refractivity contribution is 6.30. The van der Waals surface area contributed by atoms with E-state index >= 15 is 0 Å². The van der Waals surface area contributed by atoms with Crippen LogP contribution in [0.5, 0.6) is 0 Å². The number of hydrogen-bond donors (Lipinski definition) is 1. The Kier molecular flexibility index (Phi) is 6.11. The Labute approximate surface area is 166 Å². The lowest BCUT2D eigenvalue weighted by atomic mass is 9.77. The summed E-state index contributed by atoms with van der Waals surface area (Å²) < 4.78 is 5.00. The summed E-state index contributed by atoms with van der Waals surface area (Å²) in [5.74, 6) is 0.164. The molecule has 1 unspecified atom stereocenters. The molecule has 0 spiro atoms. The summed E-state index contributed by atoms with van der Waals surface area (Å²) in [6.45, 7) is 4.03. The first kappa shape index (κ1) is 20.2. The number of methoxy groups -OCH3 is 1. The molecule has 6 heteroatoms. The molecular formula is C21H29ClN2O3. The molecule has 1 saturated heterocycles. The van der Waals surface area contributed by atoms with Gasteiger partial charge in [0.15, 0.2) is 0 Å². The van der Waals surface area contributed by atoms with E-state index in [1.54, 1.807) is 7.11 Å². The van der Waals surface area contributed by atoms with Gasteiger partial charge in [-0.15, -0.1) is 0 Å². The molecule has 2 amide bonds. The number of hydrogen-bond acceptors (Lipinski definition) is 3. The molecule has 1 heterocycles. The average molecular weight is 393 g/mol. The smallest absolute Gasteiger partial charge is 0.233 e. The zero-order chi connectivity index (χ0) is 19.5. The number of amides is 2. The summed E-state index contributed by atoms with van der Waals surface area (Å²) in [4.78, 5) is 28.1. The van der Waals surface area contributed by atoms with Gasteiger partial charge in [0.05, 0.1) is 17.4 Å². The number of rotatable bonds is 6. The SMILES string of the molecule is COCCNC(=O)C1(C)CCN(C(=O)C2(c3ccc(Cl)cc3)CCCC2)C1. The van der Waals surface area contributed by atoms with E-state index in [4.69, 9.17) is 16.3 Å². The lowest BCUT2D eigenvalue weighted by Gasteiger charge is -2.34. The molecule has 0 aromatic heterocycles. The molecule has 1 aliphatic heterocycles. The van der Waals surface area contributed by atoms with Crippen molar-refractivity contribution in [3.05, 3.63) is 34.9 Å². The van der Waals surface area contributed by atoms with Gasteiger partial charge in [-0.3, -0.25) is 9.59 Å². The summed E-state index contributed by atoms with van der Waals surface area (Å²) in [6.07, 6.45) is 4.52. The summed E-state index contributed by atoms with van der Waals surface area (Å²) in [5.41, 5.74) is 0.0403. The fourth-order valence-electron chi connectivity index (χ4n) is 4.48. The van der Waals surface area contributed by atoms with Gasteiger partial charge in [-0.05, 0) is 43.9 Å². The molecule has 3 rings (SSSR count). The van der Waals surface area contributed by atoms with Gasteiger partial charge in [-0.1, -0.05) is 36.6 Å². The Balaban J connectivity index is 1.74. The van der Waals surface area contributed by atoms with Gasteiger partial charge in [0.1, 0.15) is 0 Å². The molecule has 5 nitrogen and oxygen atoms in total. The first-order valence-corrected chi connectivity index (χ1v) is 10.1. The topological polar surface area (TPSA) is 58.6 Å². The predicted molar refractivity (Wildman–Crippen MR) is 106 cm³/mol. The lowest BCUT2D eigenvalue weighted by Crippen LogP contribution is -2.47. The maximum Gasteiger partial charge on any atom is 0.233 e. The minimum Gasteiger partial charge on any atom is -0.383 e. The first-order valence-electron chi connectivity index (χ1n) is 9.74. The second-order valence-corrected chi connectivity index (χ2v) is 8.52. The number of carbonyl (C=O) groups is 2. The molecule has 1 aliphatic carbocycles. The number of ether oxygens (including phenoxy) is 1. The minimum atomic E-state index is -0.539. The van der Waals surface area contributed by atoms with Crippen molar-refractivity contribution in [3.8, 4) is 0 Å². The van der Waals surface area contributed by atoms with Crippen LogP contribution in [0.25, 0.3) is 0 Å². The van der Waals surface area contributed by atoms with Crippen LogP contribution in [-0.2, 0) is 19.7 Å². The third-order valence-electron chi connectivity index (χ3n) is 6.16. The van der Waals surface area contributed by atoms with Crippen LogP contribution in [0.1, 0.15) is 44.6 Å². The molecule has 2 aliphatic rings. The van der Waals surface area contributed by atoms with Crippen molar-refractivity contribution >= 4 is 23.4 Å². The van der Waals surface area contributed by atoms with E-state index in [2.05, 4.69) is 5.32 Å². The lowest BCUT2D eigenvalue weighted by molar-refractivity contribution is -0.137. The van der Waals surface area contributed by atoms with E-state index in [-0.39, 0.29) is 11.8 Å². The zero-order valence-corrected chi connectivity index (χ0v) is 17.0. The Hall–Kier alpha value is -1.59. The van der Waals surface area contributed by atoms with Crippen LogP contribution in [0.15, 0.2) is 24.3 Å². The van der Waals surface area contributed by atoms with E-state index in [1.165, 1.54) is 0 Å². The molecule has 0 bridgehead atoms. The molecule has 0 radical (unpaired) electrons. The van der Waals surface area contributed by atoms with Crippen molar-refractivity contribution in [2.45, 2.75) is 44.4 Å². The molecule has 2 fully saturated rings. The molecule has 1 aromatic rings. The number of halogens is 1. The number of nitrogens with zero attached hydrogens (tertiary/aromatic N) is 1. The van der Waals surface area contributed by atoms with Gasteiger partial charge in [0.2, 0.25) is 11.8 Å². The van der Waals surface area contributed by atoms with E-state index in [9.17, 15) is 9.59 Å². The van der Waals surface area contributed by atoms with Crippen LogP contribution in [0.2, 0.25) is 5.02 Å². The normalized spacial score (nSPS) is 24.2. The van der Waals surface area contributed by atoms with E-state index in [0.29, 0.717) is 37.7 Å². The molecule has 1 aromatic carbocycles. The van der Waals surface area contributed by atoms with Gasteiger partial charge in [-0.2, -0.15) is 0 Å². The Morgan fingerprint density at radius 2 is 1.85 bits per heavy atom. The van der Waals surface area contributed by atoms with Gasteiger partial charge < -0.3 is 15.0 Å². The standard InChI is InChI=1S/C21H29ClN2O3/c1-20(18(25)23-12-14-27-2)11-13-24(15-20)19(26)21(9-3-4-10-21)16-5-7-17(22)8-6-16/h5-8H,3-4,9-15H2,1-2H3,(H,23,25). The van der Waals surface area contributed by atoms with Crippen LogP contribution in [0.3, 0.4) is 0 Å². The molecule has 1 N–H and O–H groups in total. The maximum atomic E-state index is 13.6. The predicted octanol–water partition coefficient (Wildman–Crippen LogP) is 3.15. The Morgan fingerprint density at radius 1 is 1.19 bits per heavy atom. The first-order chi connectivity index (χ1) is 12.9. The second-order valence-electron chi connectivity index (χ2n) is 8.08. The number of nitrogens with one attached hydrogen (secondary N) is 1. The monoisotopic (exact) mass is 392 g/mol. The van der Waals surface area contributed by atoms with Crippen molar-refractivity contribution in [2.75, 3.05) is 33.4 Å². The Morgan fingerprint density at radius 3 is 2.48 bits per heavy atom. The van der Waals surface area contributed by atoms with Crippen LogP contribution < -0.4 is 5.32 Å². The van der Waals surface area contributed by atoms with Crippen LogP contribution in [-0.4, -0.2) is 50.1 Å². The highest BCUT2D eigenvalue weighted by Crippen LogP contribution is 2.44. The number of benzene rings is 1. The van der Waals surface area contributed by atoms with E-state index in [1.807, 2.05) is 36.1 Å². The second kappa shape index (κ2) is 8.19. The molecular weight excluding hydrogens is 364 g/mol. The van der Waals surface area contributed by atoms with Crippen molar-refractivity contribution in [1.29, 1.82) is 0 Å². The van der Waals surface area contributed by atoms with Crippen molar-refractivity contribution in [1.82, 2.24) is 10.2 Å². The summed E-state index contributed by atoms with van der Waals surface area (Å²) in [7, 11) is 1.61. The minimum absolute atomic E-state index is 0.00168. The van der Waals surface area contributed by atoms with Gasteiger partial charge >= 0.3 is 0 Å². The summed E-state index contributed by atoms with van der Waals surface area (Å²) >= 11 is 6.05. The Bertz CT molecular complexity index is 685. The van der Waals surface area contributed by atoms with Crippen molar-refractivity contribution in [2.24, 2.45) is 5.41 Å². The van der Waals surface area contributed by atoms with Gasteiger partial charge in [0.25, 0.3) is 0 Å². The molecule has 1 saturated carbocycles. The van der Waals surface area contributed by atoms with Crippen molar-refractivity contribution < 1.29 is 14.3 Å². The van der Waals surface area contributed by atoms with Crippen molar-refractivity contribution in [3.63, 3.8) is 0 Å². The number of carbonyl (C=O) groups excluding carboxylic acids is 2. The molecule has 27 heavy (non-hydrogen) atoms. The number of likely N-dealkylation sites (tertiary alicyclic amines) is 1. The van der Waals surface area contributed by atoms with E-state index < -0.39 is 10.8 Å². The quantitative estimate of drug-likeness (QED) is 0.756. The highest BCUT2D eigenvalue weighted by atomic mass is 35.5. The van der Waals surface area contributed by atoms with Gasteiger partial charge in [-0.25, -0.2) is 0 Å². The fourth-order valence-corrected chi connectivity index (χ4v) is 4.60. The zero-order valence-electron chi connectivity index (χ0n) is 16.2. The van der Waals surface area contributed by atoms with Crippen LogP contribution >= 0.6 is 11.6 Å².